The molecular weight excluding hydrogens is 390 g/mol. The molecule has 0 amide bonds. The van der Waals surface area contributed by atoms with Crippen molar-refractivity contribution in [3.8, 4) is 22.5 Å². The Labute approximate surface area is 189 Å². The number of hydrogen-bond donors (Lipinski definition) is 1. The number of aromatic nitrogens is 2. The van der Waals surface area contributed by atoms with Gasteiger partial charge in [0.15, 0.2) is 0 Å². The first-order valence-corrected chi connectivity index (χ1v) is 11.1. The highest BCUT2D eigenvalue weighted by Gasteiger charge is 2.10. The molecule has 5 rings (SSSR count). The first-order chi connectivity index (χ1) is 15.7. The van der Waals surface area contributed by atoms with Crippen molar-refractivity contribution in [2.24, 2.45) is 7.05 Å². The molecule has 1 unspecified atom stereocenters. The van der Waals surface area contributed by atoms with Crippen LogP contribution in [0.2, 0.25) is 0 Å². The Kier molecular flexibility index (Phi) is 5.57. The molecule has 0 aliphatic heterocycles. The van der Waals surface area contributed by atoms with Crippen molar-refractivity contribution < 1.29 is 0 Å². The molecule has 0 saturated heterocycles. The first-order valence-electron chi connectivity index (χ1n) is 11.1. The average Bonchev–Trinajstić information content (AvgIpc) is 3.20. The monoisotopic (exact) mass is 417 g/mol. The van der Waals surface area contributed by atoms with E-state index in [1.165, 1.54) is 22.3 Å². The summed E-state index contributed by atoms with van der Waals surface area (Å²) in [5, 5.41) is 3.67. The van der Waals surface area contributed by atoms with Gasteiger partial charge in [-0.25, -0.2) is 4.98 Å². The number of nitrogens with one attached hydrogen (secondary N) is 1. The van der Waals surface area contributed by atoms with Gasteiger partial charge in [0.05, 0.1) is 11.0 Å². The minimum atomic E-state index is 0.262. The molecule has 0 radical (unpaired) electrons. The number of benzene rings is 4. The highest BCUT2D eigenvalue weighted by Crippen LogP contribution is 2.25. The van der Waals surface area contributed by atoms with Crippen LogP contribution < -0.4 is 5.32 Å². The van der Waals surface area contributed by atoms with Gasteiger partial charge in [-0.3, -0.25) is 0 Å². The van der Waals surface area contributed by atoms with E-state index in [1.807, 2.05) is 6.07 Å². The van der Waals surface area contributed by atoms with Gasteiger partial charge in [-0.05, 0) is 47.4 Å². The molecule has 1 atom stereocenters. The number of hydrogen-bond acceptors (Lipinski definition) is 2. The van der Waals surface area contributed by atoms with Gasteiger partial charge < -0.3 is 9.88 Å². The van der Waals surface area contributed by atoms with Gasteiger partial charge in [0.2, 0.25) is 0 Å². The number of fused-ring (bicyclic) bond motifs is 1. The number of rotatable bonds is 6. The molecule has 5 aromatic rings. The Morgan fingerprint density at radius 1 is 0.750 bits per heavy atom. The maximum atomic E-state index is 4.81. The quantitative estimate of drug-likeness (QED) is 0.331. The van der Waals surface area contributed by atoms with E-state index >= 15 is 0 Å². The standard InChI is InChI=1S/C29H27N3/c1-21(25-11-8-12-26(19-25)23-9-4-3-5-10-23)30-20-22-15-17-24(18-16-22)29-31-27-13-6-7-14-28(27)32(29)2/h3-19,21,30H,20H2,1-2H3. The minimum absolute atomic E-state index is 0.262. The lowest BCUT2D eigenvalue weighted by molar-refractivity contribution is 0.575. The van der Waals surface area contributed by atoms with Crippen LogP contribution in [0.25, 0.3) is 33.5 Å². The molecular formula is C29H27N3. The fourth-order valence-electron chi connectivity index (χ4n) is 4.18. The van der Waals surface area contributed by atoms with E-state index in [0.29, 0.717) is 0 Å². The van der Waals surface area contributed by atoms with Crippen LogP contribution in [0.1, 0.15) is 24.1 Å². The van der Waals surface area contributed by atoms with Crippen LogP contribution in [0.15, 0.2) is 103 Å². The van der Waals surface area contributed by atoms with Crippen molar-refractivity contribution in [3.05, 3.63) is 114 Å². The predicted molar refractivity (Wildman–Crippen MR) is 133 cm³/mol. The lowest BCUT2D eigenvalue weighted by Gasteiger charge is -2.16. The van der Waals surface area contributed by atoms with E-state index < -0.39 is 0 Å². The predicted octanol–water partition coefficient (Wildman–Crippen LogP) is 6.76. The molecule has 1 N–H and O–H groups in total. The topological polar surface area (TPSA) is 29.9 Å². The smallest absolute Gasteiger partial charge is 0.140 e. The third-order valence-corrected chi connectivity index (χ3v) is 6.11. The maximum absolute atomic E-state index is 4.81. The molecule has 4 aromatic carbocycles. The highest BCUT2D eigenvalue weighted by atomic mass is 15.1. The molecule has 3 nitrogen and oxygen atoms in total. The number of aryl methyl sites for hydroxylation is 1. The third kappa shape index (κ3) is 4.08. The summed E-state index contributed by atoms with van der Waals surface area (Å²) in [5.41, 5.74) is 8.38. The molecule has 0 spiro atoms. The van der Waals surface area contributed by atoms with Gasteiger partial charge >= 0.3 is 0 Å². The average molecular weight is 418 g/mol. The first kappa shape index (κ1) is 20.2. The van der Waals surface area contributed by atoms with E-state index in [-0.39, 0.29) is 6.04 Å². The van der Waals surface area contributed by atoms with Crippen molar-refractivity contribution in [1.29, 1.82) is 0 Å². The summed E-state index contributed by atoms with van der Waals surface area (Å²) >= 11 is 0. The fraction of sp³-hybridized carbons (Fsp3) is 0.138. The second-order valence-corrected chi connectivity index (χ2v) is 8.27. The van der Waals surface area contributed by atoms with Gasteiger partial charge in [0.25, 0.3) is 0 Å². The summed E-state index contributed by atoms with van der Waals surface area (Å²) in [6.45, 7) is 3.04. The molecule has 0 bridgehead atoms. The summed E-state index contributed by atoms with van der Waals surface area (Å²) in [6.07, 6.45) is 0. The summed E-state index contributed by atoms with van der Waals surface area (Å²) < 4.78 is 2.16. The molecule has 158 valence electrons. The van der Waals surface area contributed by atoms with Crippen LogP contribution in [0, 0.1) is 0 Å². The van der Waals surface area contributed by atoms with Gasteiger partial charge in [-0.2, -0.15) is 0 Å². The maximum Gasteiger partial charge on any atom is 0.140 e. The number of nitrogens with zero attached hydrogens (tertiary/aromatic N) is 2. The summed E-state index contributed by atoms with van der Waals surface area (Å²) in [4.78, 5) is 4.81. The minimum Gasteiger partial charge on any atom is -0.327 e. The number of imidazole rings is 1. The van der Waals surface area contributed by atoms with E-state index in [0.717, 1.165) is 29.0 Å². The zero-order chi connectivity index (χ0) is 21.9. The Bertz CT molecular complexity index is 1330. The highest BCUT2D eigenvalue weighted by molar-refractivity contribution is 5.80. The van der Waals surface area contributed by atoms with Gasteiger partial charge in [0.1, 0.15) is 5.82 Å². The molecule has 0 fully saturated rings. The van der Waals surface area contributed by atoms with Crippen molar-refractivity contribution in [2.45, 2.75) is 19.5 Å². The van der Waals surface area contributed by atoms with Crippen molar-refractivity contribution in [2.75, 3.05) is 0 Å². The third-order valence-electron chi connectivity index (χ3n) is 6.11. The molecule has 0 aliphatic rings. The van der Waals surface area contributed by atoms with Crippen molar-refractivity contribution in [3.63, 3.8) is 0 Å². The fourth-order valence-corrected chi connectivity index (χ4v) is 4.18. The van der Waals surface area contributed by atoms with Crippen LogP contribution in [-0.2, 0) is 13.6 Å². The Morgan fingerprint density at radius 2 is 1.47 bits per heavy atom. The van der Waals surface area contributed by atoms with E-state index in [1.54, 1.807) is 0 Å². The van der Waals surface area contributed by atoms with Crippen molar-refractivity contribution in [1.82, 2.24) is 14.9 Å². The lowest BCUT2D eigenvalue weighted by Crippen LogP contribution is -2.18. The van der Waals surface area contributed by atoms with E-state index in [4.69, 9.17) is 4.98 Å². The molecule has 1 heterocycles. The van der Waals surface area contributed by atoms with Crippen LogP contribution >= 0.6 is 0 Å². The zero-order valence-electron chi connectivity index (χ0n) is 18.5. The molecule has 0 aliphatic carbocycles. The van der Waals surface area contributed by atoms with E-state index in [2.05, 4.69) is 121 Å². The summed E-state index contributed by atoms with van der Waals surface area (Å²) in [6, 6.07) is 36.5. The van der Waals surface area contributed by atoms with Crippen LogP contribution in [0.3, 0.4) is 0 Å². The second-order valence-electron chi connectivity index (χ2n) is 8.27. The van der Waals surface area contributed by atoms with Gasteiger partial charge in [-0.15, -0.1) is 0 Å². The zero-order valence-corrected chi connectivity index (χ0v) is 18.5. The molecule has 32 heavy (non-hydrogen) atoms. The molecule has 0 saturated carbocycles. The van der Waals surface area contributed by atoms with Crippen LogP contribution in [-0.4, -0.2) is 9.55 Å². The normalized spacial score (nSPS) is 12.2. The molecule has 3 heteroatoms. The van der Waals surface area contributed by atoms with Gasteiger partial charge in [-0.1, -0.05) is 84.9 Å². The van der Waals surface area contributed by atoms with Crippen LogP contribution in [0.5, 0.6) is 0 Å². The van der Waals surface area contributed by atoms with Gasteiger partial charge in [0, 0.05) is 25.2 Å². The Morgan fingerprint density at radius 3 is 2.25 bits per heavy atom. The SMILES string of the molecule is CC(NCc1ccc(-c2nc3ccccc3n2C)cc1)c1cccc(-c2ccccc2)c1. The summed E-state index contributed by atoms with van der Waals surface area (Å²) in [5.74, 6) is 0.997. The van der Waals surface area contributed by atoms with Crippen molar-refractivity contribution >= 4 is 11.0 Å². The Balaban J connectivity index is 1.28. The summed E-state index contributed by atoms with van der Waals surface area (Å²) in [7, 11) is 2.07. The Hall–Kier alpha value is -3.69. The second kappa shape index (κ2) is 8.81. The largest absolute Gasteiger partial charge is 0.327 e. The molecule has 1 aromatic heterocycles. The van der Waals surface area contributed by atoms with E-state index in [9.17, 15) is 0 Å². The lowest BCUT2D eigenvalue weighted by atomic mass is 10.00. The number of para-hydroxylation sites is 2. The van der Waals surface area contributed by atoms with Crippen LogP contribution in [0.4, 0.5) is 0 Å².